The number of Topliss-reactive ketones (excluding diaryl/α,β-unsaturated/α-hetero) is 1. The molecule has 1 aromatic carbocycles. The van der Waals surface area contributed by atoms with Crippen molar-refractivity contribution in [2.75, 3.05) is 13.2 Å². The van der Waals surface area contributed by atoms with Crippen molar-refractivity contribution < 1.29 is 32.2 Å². The maximum atomic E-state index is 12.5. The summed E-state index contributed by atoms with van der Waals surface area (Å²) < 4.78 is 48.2. The van der Waals surface area contributed by atoms with Crippen LogP contribution in [0.2, 0.25) is 0 Å². The van der Waals surface area contributed by atoms with E-state index in [2.05, 4.69) is 5.32 Å². The van der Waals surface area contributed by atoms with E-state index in [1.54, 1.807) is 18.2 Å². The Bertz CT molecular complexity index is 666. The molecular weight excluding hydrogens is 339 g/mol. The highest BCUT2D eigenvalue weighted by Crippen LogP contribution is 2.33. The fourth-order valence-corrected chi connectivity index (χ4v) is 3.18. The van der Waals surface area contributed by atoms with Gasteiger partial charge in [-0.3, -0.25) is 9.59 Å². The number of carbonyl (C=O) groups is 2. The number of rotatable bonds is 3. The number of alkyl halides is 3. The summed E-state index contributed by atoms with van der Waals surface area (Å²) >= 11 is 0. The lowest BCUT2D eigenvalue weighted by molar-refractivity contribution is -0.176. The van der Waals surface area contributed by atoms with Gasteiger partial charge in [0, 0.05) is 17.5 Å². The first-order valence-electron chi connectivity index (χ1n) is 8.16. The molecule has 1 saturated carbocycles. The molecule has 1 heterocycles. The zero-order chi connectivity index (χ0) is 18.0. The Balaban J connectivity index is 1.55. The van der Waals surface area contributed by atoms with Gasteiger partial charge in [0.05, 0.1) is 0 Å². The average Bonchev–Trinajstić information content (AvgIpc) is 2.60. The first-order valence-corrected chi connectivity index (χ1v) is 8.16. The highest BCUT2D eigenvalue weighted by Gasteiger charge is 2.44. The van der Waals surface area contributed by atoms with Gasteiger partial charge in [-0.2, -0.15) is 13.2 Å². The van der Waals surface area contributed by atoms with Crippen molar-refractivity contribution in [1.29, 1.82) is 0 Å². The fraction of sp³-hybridized carbons (Fsp3) is 0.529. The molecule has 1 aliphatic carbocycles. The Morgan fingerprint density at radius 1 is 1.00 bits per heavy atom. The Hall–Kier alpha value is -2.25. The van der Waals surface area contributed by atoms with Gasteiger partial charge < -0.3 is 14.8 Å². The number of fused-ring (bicyclic) bond motifs is 1. The lowest BCUT2D eigenvalue weighted by Crippen LogP contribution is -2.40. The summed E-state index contributed by atoms with van der Waals surface area (Å²) in [7, 11) is 0. The number of ketones is 1. The third kappa shape index (κ3) is 4.05. The molecule has 0 aromatic heterocycles. The first kappa shape index (κ1) is 17.6. The molecule has 8 heteroatoms. The highest BCUT2D eigenvalue weighted by atomic mass is 19.4. The van der Waals surface area contributed by atoms with Crippen LogP contribution in [-0.2, 0) is 4.79 Å². The van der Waals surface area contributed by atoms with E-state index < -0.39 is 17.9 Å². The monoisotopic (exact) mass is 357 g/mol. The molecule has 0 radical (unpaired) electrons. The van der Waals surface area contributed by atoms with Gasteiger partial charge in [0.25, 0.3) is 5.91 Å². The lowest BCUT2D eigenvalue weighted by Gasteiger charge is -2.28. The molecule has 0 spiro atoms. The van der Waals surface area contributed by atoms with Crippen LogP contribution in [0.5, 0.6) is 11.5 Å². The molecule has 1 amide bonds. The molecule has 2 aliphatic rings. The topological polar surface area (TPSA) is 64.6 Å². The van der Waals surface area contributed by atoms with Crippen molar-refractivity contribution in [2.24, 2.45) is 5.92 Å². The van der Waals surface area contributed by atoms with Crippen molar-refractivity contribution in [2.45, 2.75) is 37.9 Å². The molecule has 5 nitrogen and oxygen atoms in total. The Kier molecular flexibility index (Phi) is 4.87. The van der Waals surface area contributed by atoms with Gasteiger partial charge in [-0.05, 0) is 43.9 Å². The minimum absolute atomic E-state index is 0.129. The SMILES string of the molecule is O=C(NC1CCC(C(=O)C(F)(F)F)CC1)c1ccc2c(c1)OCCO2. The summed E-state index contributed by atoms with van der Waals surface area (Å²) in [4.78, 5) is 23.6. The van der Waals surface area contributed by atoms with Gasteiger partial charge in [0.1, 0.15) is 13.2 Å². The van der Waals surface area contributed by atoms with Crippen LogP contribution < -0.4 is 14.8 Å². The number of hydrogen-bond donors (Lipinski definition) is 1. The third-order valence-corrected chi connectivity index (χ3v) is 4.52. The molecule has 0 saturated heterocycles. The van der Waals surface area contributed by atoms with E-state index in [0.717, 1.165) is 0 Å². The number of benzene rings is 1. The number of hydrogen-bond acceptors (Lipinski definition) is 4. The molecule has 0 bridgehead atoms. The minimum Gasteiger partial charge on any atom is -0.486 e. The van der Waals surface area contributed by atoms with Gasteiger partial charge in [0.2, 0.25) is 5.78 Å². The third-order valence-electron chi connectivity index (χ3n) is 4.52. The standard InChI is InChI=1S/C17H18F3NO4/c18-17(19,20)15(22)10-1-4-12(5-2-10)21-16(23)11-3-6-13-14(9-11)25-8-7-24-13/h3,6,9-10,12H,1-2,4-5,7-8H2,(H,21,23). The Labute approximate surface area is 142 Å². The van der Waals surface area contributed by atoms with Crippen LogP contribution >= 0.6 is 0 Å². The van der Waals surface area contributed by atoms with Crippen LogP contribution in [0.1, 0.15) is 36.0 Å². The molecule has 1 fully saturated rings. The number of nitrogens with one attached hydrogen (secondary N) is 1. The lowest BCUT2D eigenvalue weighted by atomic mass is 9.83. The quantitative estimate of drug-likeness (QED) is 0.904. The summed E-state index contributed by atoms with van der Waals surface area (Å²) in [5.41, 5.74) is 0.401. The molecule has 1 aliphatic heterocycles. The molecule has 1 N–H and O–H groups in total. The normalized spacial score (nSPS) is 23.0. The van der Waals surface area contributed by atoms with E-state index in [4.69, 9.17) is 9.47 Å². The van der Waals surface area contributed by atoms with Gasteiger partial charge in [0.15, 0.2) is 11.5 Å². The summed E-state index contributed by atoms with van der Waals surface area (Å²) in [5.74, 6) is -1.90. The molecule has 1 aromatic rings. The van der Waals surface area contributed by atoms with Crippen LogP contribution in [0, 0.1) is 5.92 Å². The maximum absolute atomic E-state index is 12.5. The van der Waals surface area contributed by atoms with Gasteiger partial charge >= 0.3 is 6.18 Å². The maximum Gasteiger partial charge on any atom is 0.450 e. The van der Waals surface area contributed by atoms with Gasteiger partial charge in [-0.25, -0.2) is 0 Å². The number of ether oxygens (including phenoxy) is 2. The summed E-state index contributed by atoms with van der Waals surface area (Å²) in [6, 6.07) is 4.62. The van der Waals surface area contributed by atoms with E-state index in [1.807, 2.05) is 0 Å². The second-order valence-corrected chi connectivity index (χ2v) is 6.24. The second kappa shape index (κ2) is 6.93. The number of amides is 1. The molecular formula is C17H18F3NO4. The molecule has 25 heavy (non-hydrogen) atoms. The number of halogens is 3. The zero-order valence-electron chi connectivity index (χ0n) is 13.4. The average molecular weight is 357 g/mol. The summed E-state index contributed by atoms with van der Waals surface area (Å²) in [6.45, 7) is 0.869. The first-order chi connectivity index (χ1) is 11.8. The van der Waals surface area contributed by atoms with Crippen LogP contribution in [-0.4, -0.2) is 37.1 Å². The van der Waals surface area contributed by atoms with E-state index >= 15 is 0 Å². The largest absolute Gasteiger partial charge is 0.486 e. The van der Waals surface area contributed by atoms with Crippen LogP contribution in [0.25, 0.3) is 0 Å². The smallest absolute Gasteiger partial charge is 0.450 e. The summed E-state index contributed by atoms with van der Waals surface area (Å²) in [5, 5.41) is 2.81. The highest BCUT2D eigenvalue weighted by molar-refractivity contribution is 5.95. The zero-order valence-corrected chi connectivity index (χ0v) is 13.4. The van der Waals surface area contributed by atoms with Gasteiger partial charge in [-0.1, -0.05) is 0 Å². The van der Waals surface area contributed by atoms with Crippen LogP contribution in [0.3, 0.4) is 0 Å². The molecule has 0 atom stereocenters. The van der Waals surface area contributed by atoms with Crippen LogP contribution in [0.4, 0.5) is 13.2 Å². The minimum atomic E-state index is -4.79. The predicted octanol–water partition coefficient (Wildman–Crippen LogP) is 2.88. The molecule has 0 unspecified atom stereocenters. The van der Waals surface area contributed by atoms with Gasteiger partial charge in [-0.15, -0.1) is 0 Å². The van der Waals surface area contributed by atoms with E-state index in [1.165, 1.54) is 0 Å². The second-order valence-electron chi connectivity index (χ2n) is 6.24. The van der Waals surface area contributed by atoms with E-state index in [-0.39, 0.29) is 24.8 Å². The van der Waals surface area contributed by atoms with E-state index in [0.29, 0.717) is 43.1 Å². The Morgan fingerprint density at radius 2 is 1.64 bits per heavy atom. The van der Waals surface area contributed by atoms with Crippen LogP contribution in [0.15, 0.2) is 18.2 Å². The fourth-order valence-electron chi connectivity index (χ4n) is 3.18. The van der Waals surface area contributed by atoms with Crippen molar-refractivity contribution in [3.05, 3.63) is 23.8 Å². The predicted molar refractivity (Wildman–Crippen MR) is 81.7 cm³/mol. The summed E-state index contributed by atoms with van der Waals surface area (Å²) in [6.07, 6.45) is -3.83. The molecule has 3 rings (SSSR count). The van der Waals surface area contributed by atoms with Crippen molar-refractivity contribution in [3.63, 3.8) is 0 Å². The van der Waals surface area contributed by atoms with Crippen molar-refractivity contribution in [3.8, 4) is 11.5 Å². The van der Waals surface area contributed by atoms with E-state index in [9.17, 15) is 22.8 Å². The number of carbonyl (C=O) groups excluding carboxylic acids is 2. The molecule has 136 valence electrons. The Morgan fingerprint density at radius 3 is 2.28 bits per heavy atom. The van der Waals surface area contributed by atoms with Crippen molar-refractivity contribution >= 4 is 11.7 Å². The van der Waals surface area contributed by atoms with Crippen molar-refractivity contribution in [1.82, 2.24) is 5.32 Å².